The Labute approximate surface area is 131 Å². The van der Waals surface area contributed by atoms with E-state index in [0.29, 0.717) is 12.5 Å². The maximum atomic E-state index is 11.8. The van der Waals surface area contributed by atoms with Crippen molar-refractivity contribution in [1.29, 1.82) is 0 Å². The highest BCUT2D eigenvalue weighted by Gasteiger charge is 2.27. The van der Waals surface area contributed by atoms with Crippen LogP contribution >= 0.6 is 0 Å². The van der Waals surface area contributed by atoms with Gasteiger partial charge in [-0.15, -0.1) is 0 Å². The van der Waals surface area contributed by atoms with Gasteiger partial charge >= 0.3 is 5.97 Å². The van der Waals surface area contributed by atoms with E-state index in [1.165, 1.54) is 0 Å². The Kier molecular flexibility index (Phi) is 6.36. The van der Waals surface area contributed by atoms with E-state index in [-0.39, 0.29) is 0 Å². The Morgan fingerprint density at radius 1 is 1.45 bits per heavy atom. The van der Waals surface area contributed by atoms with Gasteiger partial charge in [0.1, 0.15) is 6.04 Å². The summed E-state index contributed by atoms with van der Waals surface area (Å²) in [7, 11) is 3.52. The summed E-state index contributed by atoms with van der Waals surface area (Å²) in [5.74, 6) is -0.313. The standard InChI is InChI=1S/C17H25NO4/c1-18(11-13-6-8-22-9-7-13)16(17(19)20)15-5-3-4-14(10-15)12-21-2/h3-5,10,13,16H,6-9,11-12H2,1-2H3,(H,19,20)/t16-/m0/s1. The van der Waals surface area contributed by atoms with Gasteiger partial charge in [0.15, 0.2) is 0 Å². The Hall–Kier alpha value is -1.43. The van der Waals surface area contributed by atoms with E-state index >= 15 is 0 Å². The second-order valence-corrected chi connectivity index (χ2v) is 5.91. The van der Waals surface area contributed by atoms with Gasteiger partial charge in [0.05, 0.1) is 6.61 Å². The molecule has 0 bridgehead atoms. The summed E-state index contributed by atoms with van der Waals surface area (Å²) in [6.45, 7) is 2.82. The third kappa shape index (κ3) is 4.53. The van der Waals surface area contributed by atoms with Crippen molar-refractivity contribution in [3.8, 4) is 0 Å². The molecule has 1 atom stereocenters. The second kappa shape index (κ2) is 8.27. The highest BCUT2D eigenvalue weighted by Crippen LogP contribution is 2.24. The lowest BCUT2D eigenvalue weighted by Crippen LogP contribution is -2.36. The van der Waals surface area contributed by atoms with Crippen LogP contribution in [0, 0.1) is 5.92 Å². The first-order valence-corrected chi connectivity index (χ1v) is 7.70. The van der Waals surface area contributed by atoms with Crippen molar-refractivity contribution in [2.24, 2.45) is 5.92 Å². The quantitative estimate of drug-likeness (QED) is 0.838. The molecule has 1 aromatic carbocycles. The van der Waals surface area contributed by atoms with Crippen LogP contribution in [0.15, 0.2) is 24.3 Å². The van der Waals surface area contributed by atoms with Crippen molar-refractivity contribution < 1.29 is 19.4 Å². The largest absolute Gasteiger partial charge is 0.480 e. The molecule has 0 aliphatic carbocycles. The number of rotatable bonds is 7. The van der Waals surface area contributed by atoms with Crippen molar-refractivity contribution in [3.05, 3.63) is 35.4 Å². The van der Waals surface area contributed by atoms with Crippen LogP contribution < -0.4 is 0 Å². The summed E-state index contributed by atoms with van der Waals surface area (Å²) in [4.78, 5) is 13.7. The molecule has 1 N–H and O–H groups in total. The predicted octanol–water partition coefficient (Wildman–Crippen LogP) is 2.32. The second-order valence-electron chi connectivity index (χ2n) is 5.91. The number of hydrogen-bond donors (Lipinski definition) is 1. The number of carboxylic acid groups (broad SMARTS) is 1. The molecule has 1 aliphatic heterocycles. The molecule has 5 nitrogen and oxygen atoms in total. The number of ether oxygens (including phenoxy) is 2. The zero-order valence-corrected chi connectivity index (χ0v) is 13.3. The van der Waals surface area contributed by atoms with Crippen molar-refractivity contribution >= 4 is 5.97 Å². The van der Waals surface area contributed by atoms with Gasteiger partial charge < -0.3 is 14.6 Å². The Morgan fingerprint density at radius 2 is 2.18 bits per heavy atom. The maximum absolute atomic E-state index is 11.8. The molecule has 0 aromatic heterocycles. The highest BCUT2D eigenvalue weighted by atomic mass is 16.5. The smallest absolute Gasteiger partial charge is 0.325 e. The van der Waals surface area contributed by atoms with Crippen LogP contribution in [0.1, 0.15) is 30.0 Å². The molecular formula is C17H25NO4. The minimum Gasteiger partial charge on any atom is -0.480 e. The van der Waals surface area contributed by atoms with E-state index in [2.05, 4.69) is 0 Å². The molecular weight excluding hydrogens is 282 g/mol. The van der Waals surface area contributed by atoms with Crippen LogP contribution in [-0.4, -0.2) is 49.9 Å². The lowest BCUT2D eigenvalue weighted by Gasteiger charge is -2.31. The summed E-state index contributed by atoms with van der Waals surface area (Å²) in [5.41, 5.74) is 1.79. The molecule has 1 saturated heterocycles. The lowest BCUT2D eigenvalue weighted by molar-refractivity contribution is -0.143. The molecule has 2 rings (SSSR count). The summed E-state index contributed by atoms with van der Waals surface area (Å²) < 4.78 is 10.5. The van der Waals surface area contributed by atoms with E-state index in [1.54, 1.807) is 7.11 Å². The van der Waals surface area contributed by atoms with E-state index in [0.717, 1.165) is 43.7 Å². The minimum atomic E-state index is -0.816. The number of benzene rings is 1. The first-order chi connectivity index (χ1) is 10.6. The molecule has 122 valence electrons. The third-order valence-corrected chi connectivity index (χ3v) is 4.14. The van der Waals surface area contributed by atoms with Crippen LogP contribution in [0.2, 0.25) is 0 Å². The normalized spacial score (nSPS) is 17.6. The summed E-state index contributed by atoms with van der Waals surface area (Å²) >= 11 is 0. The molecule has 0 spiro atoms. The summed E-state index contributed by atoms with van der Waals surface area (Å²) in [6, 6.07) is 7.01. The van der Waals surface area contributed by atoms with Crippen molar-refractivity contribution in [1.82, 2.24) is 4.90 Å². The number of hydrogen-bond acceptors (Lipinski definition) is 4. The van der Waals surface area contributed by atoms with Gasteiger partial charge in [0.2, 0.25) is 0 Å². The Balaban J connectivity index is 2.10. The fourth-order valence-electron chi connectivity index (χ4n) is 3.05. The Morgan fingerprint density at radius 3 is 2.82 bits per heavy atom. The SMILES string of the molecule is COCc1cccc([C@@H](C(=O)O)N(C)CC2CCOCC2)c1. The van der Waals surface area contributed by atoms with E-state index < -0.39 is 12.0 Å². The number of carboxylic acids is 1. The van der Waals surface area contributed by atoms with Crippen molar-refractivity contribution in [3.63, 3.8) is 0 Å². The molecule has 1 heterocycles. The summed E-state index contributed by atoms with van der Waals surface area (Å²) in [6.07, 6.45) is 2.00. The molecule has 0 radical (unpaired) electrons. The van der Waals surface area contributed by atoms with Gasteiger partial charge in [-0.2, -0.15) is 0 Å². The average Bonchev–Trinajstić information content (AvgIpc) is 2.48. The fraction of sp³-hybridized carbons (Fsp3) is 0.588. The highest BCUT2D eigenvalue weighted by molar-refractivity contribution is 5.75. The number of carbonyl (C=O) groups is 1. The van der Waals surface area contributed by atoms with Crippen LogP contribution in [0.5, 0.6) is 0 Å². The molecule has 1 aliphatic rings. The zero-order valence-electron chi connectivity index (χ0n) is 13.3. The van der Waals surface area contributed by atoms with Crippen LogP contribution in [0.4, 0.5) is 0 Å². The van der Waals surface area contributed by atoms with Crippen LogP contribution in [-0.2, 0) is 20.9 Å². The first-order valence-electron chi connectivity index (χ1n) is 7.70. The monoisotopic (exact) mass is 307 g/mol. The topological polar surface area (TPSA) is 59.0 Å². The maximum Gasteiger partial charge on any atom is 0.325 e. The van der Waals surface area contributed by atoms with E-state index in [4.69, 9.17) is 9.47 Å². The van der Waals surface area contributed by atoms with E-state index in [9.17, 15) is 9.90 Å². The number of aliphatic carboxylic acids is 1. The number of likely N-dealkylation sites (N-methyl/N-ethyl adjacent to an activating group) is 1. The van der Waals surface area contributed by atoms with Gasteiger partial charge in [-0.3, -0.25) is 9.69 Å². The number of methoxy groups -OCH3 is 1. The van der Waals surface area contributed by atoms with Gasteiger partial charge in [-0.25, -0.2) is 0 Å². The zero-order chi connectivity index (χ0) is 15.9. The molecule has 0 unspecified atom stereocenters. The summed E-state index contributed by atoms with van der Waals surface area (Å²) in [5, 5.41) is 9.65. The van der Waals surface area contributed by atoms with Crippen LogP contribution in [0.3, 0.4) is 0 Å². The molecule has 5 heteroatoms. The van der Waals surface area contributed by atoms with Gasteiger partial charge in [-0.05, 0) is 36.9 Å². The predicted molar refractivity (Wildman–Crippen MR) is 83.7 cm³/mol. The number of nitrogens with zero attached hydrogens (tertiary/aromatic N) is 1. The molecule has 22 heavy (non-hydrogen) atoms. The van der Waals surface area contributed by atoms with Crippen molar-refractivity contribution in [2.45, 2.75) is 25.5 Å². The van der Waals surface area contributed by atoms with E-state index in [1.807, 2.05) is 36.2 Å². The molecule has 0 amide bonds. The fourth-order valence-corrected chi connectivity index (χ4v) is 3.05. The average molecular weight is 307 g/mol. The molecule has 1 fully saturated rings. The van der Waals surface area contributed by atoms with Crippen molar-refractivity contribution in [2.75, 3.05) is 33.9 Å². The molecule has 1 aromatic rings. The molecule has 0 saturated carbocycles. The van der Waals surface area contributed by atoms with Gasteiger partial charge in [-0.1, -0.05) is 24.3 Å². The minimum absolute atomic E-state index is 0.490. The van der Waals surface area contributed by atoms with Crippen LogP contribution in [0.25, 0.3) is 0 Å². The Bertz CT molecular complexity index is 485. The lowest BCUT2D eigenvalue weighted by atomic mass is 9.97. The first kappa shape index (κ1) is 16.9. The van der Waals surface area contributed by atoms with Gasteiger partial charge in [0, 0.05) is 26.9 Å². The third-order valence-electron chi connectivity index (χ3n) is 4.14. The van der Waals surface area contributed by atoms with Gasteiger partial charge in [0.25, 0.3) is 0 Å².